The van der Waals surface area contributed by atoms with Gasteiger partial charge in [-0.1, -0.05) is 12.2 Å². The van der Waals surface area contributed by atoms with Gasteiger partial charge in [-0.2, -0.15) is 0 Å². The molecule has 0 saturated heterocycles. The van der Waals surface area contributed by atoms with Crippen LogP contribution in [0.15, 0.2) is 42.6 Å². The molecule has 2 heteroatoms. The number of aromatic nitrogens is 1. The summed E-state index contributed by atoms with van der Waals surface area (Å²) in [6, 6.07) is 8.58. The van der Waals surface area contributed by atoms with E-state index in [1.165, 1.54) is 16.6 Å². The molecule has 15 heavy (non-hydrogen) atoms. The highest BCUT2D eigenvalue weighted by Gasteiger charge is 1.98. The minimum atomic E-state index is 0.884. The third kappa shape index (κ3) is 2.04. The number of nitrogens with zero attached hydrogens (tertiary/aromatic N) is 1. The molecule has 1 N–H and O–H groups in total. The quantitative estimate of drug-likeness (QED) is 0.753. The average Bonchev–Trinajstić information content (AvgIpc) is 2.61. The predicted molar refractivity (Wildman–Crippen MR) is 66.2 cm³/mol. The Morgan fingerprint density at radius 3 is 3.00 bits per heavy atom. The van der Waals surface area contributed by atoms with E-state index in [1.54, 1.807) is 0 Å². The van der Waals surface area contributed by atoms with E-state index in [2.05, 4.69) is 53.5 Å². The minimum Gasteiger partial charge on any atom is -0.382 e. The van der Waals surface area contributed by atoms with E-state index >= 15 is 0 Å². The lowest BCUT2D eigenvalue weighted by molar-refractivity contribution is 0.969. The first-order valence-electron chi connectivity index (χ1n) is 5.21. The molecule has 0 fully saturated rings. The van der Waals surface area contributed by atoms with Gasteiger partial charge in [0.2, 0.25) is 0 Å². The lowest BCUT2D eigenvalue weighted by Gasteiger charge is -2.03. The molecule has 1 aromatic carbocycles. The van der Waals surface area contributed by atoms with E-state index in [9.17, 15) is 0 Å². The summed E-state index contributed by atoms with van der Waals surface area (Å²) in [6.45, 7) is 2.91. The highest BCUT2D eigenvalue weighted by molar-refractivity contribution is 5.83. The second-order valence-corrected chi connectivity index (χ2v) is 3.65. The summed E-state index contributed by atoms with van der Waals surface area (Å²) in [6.07, 6.45) is 6.24. The third-order valence-electron chi connectivity index (χ3n) is 2.54. The van der Waals surface area contributed by atoms with Crippen LogP contribution in [0.25, 0.3) is 10.9 Å². The molecule has 0 atom stereocenters. The lowest BCUT2D eigenvalue weighted by atomic mass is 10.2. The van der Waals surface area contributed by atoms with E-state index < -0.39 is 0 Å². The van der Waals surface area contributed by atoms with Crippen molar-refractivity contribution in [1.82, 2.24) is 4.57 Å². The molecule has 78 valence electrons. The molecule has 0 aliphatic carbocycles. The average molecular weight is 200 g/mol. The van der Waals surface area contributed by atoms with Gasteiger partial charge in [0.15, 0.2) is 0 Å². The maximum absolute atomic E-state index is 3.35. The maximum atomic E-state index is 3.35. The van der Waals surface area contributed by atoms with Gasteiger partial charge in [-0.15, -0.1) is 0 Å². The minimum absolute atomic E-state index is 0.884. The van der Waals surface area contributed by atoms with Gasteiger partial charge in [-0.3, -0.25) is 0 Å². The van der Waals surface area contributed by atoms with E-state index in [0.29, 0.717) is 0 Å². The van der Waals surface area contributed by atoms with Gasteiger partial charge in [-0.05, 0) is 31.2 Å². The number of allylic oxidation sites excluding steroid dienone is 1. The number of anilines is 1. The fourth-order valence-corrected chi connectivity index (χ4v) is 1.69. The van der Waals surface area contributed by atoms with Crippen LogP contribution in [0.3, 0.4) is 0 Å². The summed E-state index contributed by atoms with van der Waals surface area (Å²) in [4.78, 5) is 0. The van der Waals surface area contributed by atoms with E-state index in [1.807, 2.05) is 13.0 Å². The standard InChI is InChI=1S/C13H16N2/c1-3-4-8-14-12-5-6-13-11(10-12)7-9-15(13)2/h3-7,9-10,14H,8H2,1-2H3/b4-3+. The molecular formula is C13H16N2. The van der Waals surface area contributed by atoms with Crippen LogP contribution in [0, 0.1) is 0 Å². The molecule has 0 amide bonds. The van der Waals surface area contributed by atoms with Crippen LogP contribution in [0.4, 0.5) is 5.69 Å². The molecule has 1 heterocycles. The number of benzene rings is 1. The fraction of sp³-hybridized carbons (Fsp3) is 0.231. The zero-order chi connectivity index (χ0) is 10.7. The van der Waals surface area contributed by atoms with Crippen molar-refractivity contribution in [2.45, 2.75) is 6.92 Å². The fourth-order valence-electron chi connectivity index (χ4n) is 1.69. The first-order chi connectivity index (χ1) is 7.31. The molecule has 1 aromatic heterocycles. The van der Waals surface area contributed by atoms with Crippen molar-refractivity contribution in [3.63, 3.8) is 0 Å². The van der Waals surface area contributed by atoms with Gasteiger partial charge in [0, 0.05) is 36.4 Å². The van der Waals surface area contributed by atoms with Crippen molar-refractivity contribution in [2.24, 2.45) is 7.05 Å². The van der Waals surface area contributed by atoms with Crippen molar-refractivity contribution < 1.29 is 0 Å². The Kier molecular flexibility index (Phi) is 2.77. The second-order valence-electron chi connectivity index (χ2n) is 3.65. The molecule has 0 spiro atoms. The number of rotatable bonds is 3. The van der Waals surface area contributed by atoms with Crippen LogP contribution >= 0.6 is 0 Å². The van der Waals surface area contributed by atoms with Crippen LogP contribution in [-0.4, -0.2) is 11.1 Å². The molecule has 0 aliphatic rings. The van der Waals surface area contributed by atoms with Gasteiger partial charge in [0.25, 0.3) is 0 Å². The largest absolute Gasteiger partial charge is 0.382 e. The first-order valence-corrected chi connectivity index (χ1v) is 5.21. The van der Waals surface area contributed by atoms with Crippen LogP contribution in [0.1, 0.15) is 6.92 Å². The summed E-state index contributed by atoms with van der Waals surface area (Å²) in [7, 11) is 2.06. The molecule has 0 unspecified atom stereocenters. The van der Waals surface area contributed by atoms with Gasteiger partial charge in [0.1, 0.15) is 0 Å². The number of nitrogens with one attached hydrogen (secondary N) is 1. The first kappa shape index (κ1) is 9.84. The van der Waals surface area contributed by atoms with Crippen molar-refractivity contribution >= 4 is 16.6 Å². The molecule has 0 bridgehead atoms. The zero-order valence-electron chi connectivity index (χ0n) is 9.20. The van der Waals surface area contributed by atoms with Crippen molar-refractivity contribution in [1.29, 1.82) is 0 Å². The number of aryl methyl sites for hydroxylation is 1. The zero-order valence-corrected chi connectivity index (χ0v) is 9.20. The normalized spacial score (nSPS) is 11.3. The Bertz CT molecular complexity index is 480. The monoisotopic (exact) mass is 200 g/mol. The smallest absolute Gasteiger partial charge is 0.0479 e. The number of hydrogen-bond donors (Lipinski definition) is 1. The molecule has 0 aliphatic heterocycles. The van der Waals surface area contributed by atoms with Crippen molar-refractivity contribution in [3.05, 3.63) is 42.6 Å². The predicted octanol–water partition coefficient (Wildman–Crippen LogP) is 3.17. The van der Waals surface area contributed by atoms with E-state index in [4.69, 9.17) is 0 Å². The molecule has 2 nitrogen and oxygen atoms in total. The van der Waals surface area contributed by atoms with Gasteiger partial charge >= 0.3 is 0 Å². The topological polar surface area (TPSA) is 17.0 Å². The molecule has 2 aromatic rings. The summed E-state index contributed by atoms with van der Waals surface area (Å²) in [5, 5.41) is 4.63. The van der Waals surface area contributed by atoms with E-state index in [-0.39, 0.29) is 0 Å². The van der Waals surface area contributed by atoms with Crippen molar-refractivity contribution in [3.8, 4) is 0 Å². The molecule has 0 radical (unpaired) electrons. The number of fused-ring (bicyclic) bond motifs is 1. The number of hydrogen-bond acceptors (Lipinski definition) is 1. The summed E-state index contributed by atoms with van der Waals surface area (Å²) < 4.78 is 2.13. The van der Waals surface area contributed by atoms with Crippen molar-refractivity contribution in [2.75, 3.05) is 11.9 Å². The molecule has 2 rings (SSSR count). The molecular weight excluding hydrogens is 184 g/mol. The van der Waals surface area contributed by atoms with Crippen LogP contribution in [-0.2, 0) is 7.05 Å². The van der Waals surface area contributed by atoms with Crippen LogP contribution in [0.5, 0.6) is 0 Å². The Balaban J connectivity index is 2.23. The molecule has 0 saturated carbocycles. The van der Waals surface area contributed by atoms with E-state index in [0.717, 1.165) is 6.54 Å². The second kappa shape index (κ2) is 4.22. The highest BCUT2D eigenvalue weighted by atomic mass is 14.9. The Labute approximate surface area is 90.2 Å². The Morgan fingerprint density at radius 1 is 1.33 bits per heavy atom. The summed E-state index contributed by atoms with van der Waals surface area (Å²) in [5.41, 5.74) is 2.44. The Hall–Kier alpha value is -1.70. The van der Waals surface area contributed by atoms with Crippen LogP contribution < -0.4 is 5.32 Å². The third-order valence-corrected chi connectivity index (χ3v) is 2.54. The van der Waals surface area contributed by atoms with Crippen LogP contribution in [0.2, 0.25) is 0 Å². The SMILES string of the molecule is C/C=C/CNc1ccc2c(ccn2C)c1. The lowest BCUT2D eigenvalue weighted by Crippen LogP contribution is -1.97. The summed E-state index contributed by atoms with van der Waals surface area (Å²) >= 11 is 0. The highest BCUT2D eigenvalue weighted by Crippen LogP contribution is 2.19. The van der Waals surface area contributed by atoms with Gasteiger partial charge in [0.05, 0.1) is 0 Å². The summed E-state index contributed by atoms with van der Waals surface area (Å²) in [5.74, 6) is 0. The van der Waals surface area contributed by atoms with Gasteiger partial charge in [-0.25, -0.2) is 0 Å². The van der Waals surface area contributed by atoms with Gasteiger partial charge < -0.3 is 9.88 Å². The Morgan fingerprint density at radius 2 is 2.20 bits per heavy atom. The maximum Gasteiger partial charge on any atom is 0.0479 e.